The first-order chi connectivity index (χ1) is 12.7. The van der Waals surface area contributed by atoms with E-state index in [4.69, 9.17) is 21.4 Å². The Balaban J connectivity index is 2.15. The Morgan fingerprint density at radius 2 is 1.81 bits per heavy atom. The lowest BCUT2D eigenvalue weighted by molar-refractivity contribution is -0.138. The van der Waals surface area contributed by atoms with Gasteiger partial charge in [-0.25, -0.2) is 4.79 Å². The summed E-state index contributed by atoms with van der Waals surface area (Å²) in [6, 6.07) is 10.4. The van der Waals surface area contributed by atoms with Crippen LogP contribution in [0.25, 0.3) is 0 Å². The Hall–Kier alpha value is -2.74. The molecule has 0 unspecified atom stereocenters. The third-order valence-electron chi connectivity index (χ3n) is 3.58. The highest BCUT2D eigenvalue weighted by Gasteiger charge is 2.34. The van der Waals surface area contributed by atoms with Crippen LogP contribution < -0.4 is 5.32 Å². The fourth-order valence-corrected chi connectivity index (χ4v) is 2.54. The minimum atomic E-state index is -4.71. The van der Waals surface area contributed by atoms with Gasteiger partial charge < -0.3 is 15.2 Å². The normalized spacial score (nSPS) is 12.3. The van der Waals surface area contributed by atoms with Crippen molar-refractivity contribution >= 4 is 23.7 Å². The molecule has 1 amide bonds. The van der Waals surface area contributed by atoms with Crippen molar-refractivity contribution in [2.75, 3.05) is 0 Å². The summed E-state index contributed by atoms with van der Waals surface area (Å²) in [6.45, 7) is -0.0686. The van der Waals surface area contributed by atoms with E-state index in [-0.39, 0.29) is 12.2 Å². The molecule has 0 saturated carbocycles. The van der Waals surface area contributed by atoms with Crippen LogP contribution in [0.15, 0.2) is 48.5 Å². The molecule has 0 aliphatic rings. The Bertz CT molecular complexity index is 812. The highest BCUT2D eigenvalue weighted by atomic mass is 35.5. The molecular formula is C18H15ClF3NO4. The van der Waals surface area contributed by atoms with Crippen LogP contribution in [-0.4, -0.2) is 17.2 Å². The summed E-state index contributed by atoms with van der Waals surface area (Å²) in [5.41, 5.74) is -0.462. The molecule has 0 radical (unpaired) electrons. The summed E-state index contributed by atoms with van der Waals surface area (Å²) < 4.78 is 44.0. The van der Waals surface area contributed by atoms with Gasteiger partial charge in [-0.1, -0.05) is 48.0 Å². The molecule has 0 spiro atoms. The largest absolute Gasteiger partial charge is 0.481 e. The second-order valence-corrected chi connectivity index (χ2v) is 6.00. The zero-order valence-corrected chi connectivity index (χ0v) is 14.6. The number of carbonyl (C=O) groups excluding carboxylic acids is 1. The zero-order chi connectivity index (χ0) is 20.0. The van der Waals surface area contributed by atoms with E-state index in [1.165, 1.54) is 6.07 Å². The monoisotopic (exact) mass is 401 g/mol. The number of aliphatic carboxylic acids is 1. The molecule has 0 saturated heterocycles. The highest BCUT2D eigenvalue weighted by Crippen LogP contribution is 2.36. The van der Waals surface area contributed by atoms with Gasteiger partial charge in [0.1, 0.15) is 6.61 Å². The molecule has 5 nitrogen and oxygen atoms in total. The molecule has 9 heteroatoms. The van der Waals surface area contributed by atoms with E-state index in [1.807, 2.05) is 0 Å². The number of alkyl carbamates (subject to hydrolysis) is 1. The van der Waals surface area contributed by atoms with Gasteiger partial charge in [0, 0.05) is 0 Å². The topological polar surface area (TPSA) is 75.6 Å². The quantitative estimate of drug-likeness (QED) is 0.729. The number of amides is 1. The van der Waals surface area contributed by atoms with Gasteiger partial charge in [-0.05, 0) is 23.3 Å². The molecule has 2 N–H and O–H groups in total. The average molecular weight is 402 g/mol. The summed E-state index contributed by atoms with van der Waals surface area (Å²) in [4.78, 5) is 23.0. The van der Waals surface area contributed by atoms with E-state index in [2.05, 4.69) is 5.32 Å². The minimum Gasteiger partial charge on any atom is -0.481 e. The van der Waals surface area contributed by atoms with Crippen LogP contribution in [0, 0.1) is 0 Å². The molecule has 2 rings (SSSR count). The Kier molecular flexibility index (Phi) is 6.68. The summed E-state index contributed by atoms with van der Waals surface area (Å²) in [5, 5.41) is 10.8. The first-order valence-electron chi connectivity index (χ1n) is 7.72. The standard InChI is InChI=1S/C18H15ClF3NO4/c19-14-7-6-12(8-13(14)18(20,21)22)15(9-16(24)25)23-17(26)27-10-11-4-2-1-3-5-11/h1-8,15H,9-10H2,(H,23,26)(H,24,25)/t15-/m1/s1. The number of ether oxygens (including phenoxy) is 1. The molecule has 1 atom stereocenters. The molecule has 144 valence electrons. The average Bonchev–Trinajstić information content (AvgIpc) is 2.59. The van der Waals surface area contributed by atoms with E-state index < -0.39 is 41.3 Å². The van der Waals surface area contributed by atoms with Crippen LogP contribution in [-0.2, 0) is 22.3 Å². The summed E-state index contributed by atoms with van der Waals surface area (Å²) >= 11 is 5.57. The van der Waals surface area contributed by atoms with E-state index in [0.29, 0.717) is 11.6 Å². The Morgan fingerprint density at radius 1 is 1.15 bits per heavy atom. The summed E-state index contributed by atoms with van der Waals surface area (Å²) in [7, 11) is 0. The zero-order valence-electron chi connectivity index (χ0n) is 13.8. The number of hydrogen-bond donors (Lipinski definition) is 2. The van der Waals surface area contributed by atoms with Gasteiger partial charge in [0.2, 0.25) is 0 Å². The number of benzene rings is 2. The summed E-state index contributed by atoms with van der Waals surface area (Å²) in [6.07, 6.45) is -6.29. The lowest BCUT2D eigenvalue weighted by Crippen LogP contribution is -2.31. The highest BCUT2D eigenvalue weighted by molar-refractivity contribution is 6.31. The molecule has 2 aromatic rings. The van der Waals surface area contributed by atoms with Gasteiger partial charge in [0.25, 0.3) is 0 Å². The third kappa shape index (κ3) is 6.18. The first-order valence-corrected chi connectivity index (χ1v) is 8.10. The lowest BCUT2D eigenvalue weighted by Gasteiger charge is -2.19. The van der Waals surface area contributed by atoms with E-state index in [9.17, 15) is 22.8 Å². The van der Waals surface area contributed by atoms with Crippen LogP contribution in [0.3, 0.4) is 0 Å². The summed E-state index contributed by atoms with van der Waals surface area (Å²) in [5.74, 6) is -1.30. The predicted octanol–water partition coefficient (Wildman–Crippen LogP) is 4.80. The van der Waals surface area contributed by atoms with Crippen LogP contribution in [0.5, 0.6) is 0 Å². The number of carboxylic acid groups (broad SMARTS) is 1. The van der Waals surface area contributed by atoms with Crippen molar-refractivity contribution in [3.05, 3.63) is 70.2 Å². The predicted molar refractivity (Wildman–Crippen MR) is 91.2 cm³/mol. The maximum atomic E-state index is 13.0. The minimum absolute atomic E-state index is 0.0502. The van der Waals surface area contributed by atoms with E-state index in [0.717, 1.165) is 6.07 Å². The molecule has 2 aromatic carbocycles. The number of nitrogens with one attached hydrogen (secondary N) is 1. The molecule has 0 aliphatic heterocycles. The van der Waals surface area contributed by atoms with E-state index in [1.54, 1.807) is 30.3 Å². The van der Waals surface area contributed by atoms with Gasteiger partial charge in [-0.15, -0.1) is 0 Å². The number of alkyl halides is 3. The van der Waals surface area contributed by atoms with Crippen LogP contribution in [0.1, 0.15) is 29.2 Å². The van der Waals surface area contributed by atoms with Gasteiger partial charge in [0.05, 0.1) is 23.0 Å². The van der Waals surface area contributed by atoms with Gasteiger partial charge in [-0.2, -0.15) is 13.2 Å². The van der Waals surface area contributed by atoms with Crippen molar-refractivity contribution in [2.45, 2.75) is 25.2 Å². The van der Waals surface area contributed by atoms with Crippen molar-refractivity contribution in [3.63, 3.8) is 0 Å². The van der Waals surface area contributed by atoms with Crippen molar-refractivity contribution in [2.24, 2.45) is 0 Å². The van der Waals surface area contributed by atoms with Crippen molar-refractivity contribution in [1.82, 2.24) is 5.32 Å². The van der Waals surface area contributed by atoms with Gasteiger partial charge in [-0.3, -0.25) is 4.79 Å². The third-order valence-corrected chi connectivity index (χ3v) is 3.91. The molecular weight excluding hydrogens is 387 g/mol. The van der Waals surface area contributed by atoms with Crippen molar-refractivity contribution in [3.8, 4) is 0 Å². The first kappa shape index (κ1) is 20.6. The molecule has 0 heterocycles. The number of hydrogen-bond acceptors (Lipinski definition) is 3. The van der Waals surface area contributed by atoms with Crippen LogP contribution in [0.2, 0.25) is 5.02 Å². The fraction of sp³-hybridized carbons (Fsp3) is 0.222. The van der Waals surface area contributed by atoms with Crippen LogP contribution in [0.4, 0.5) is 18.0 Å². The second kappa shape index (κ2) is 8.77. The van der Waals surface area contributed by atoms with Gasteiger partial charge in [0.15, 0.2) is 0 Å². The van der Waals surface area contributed by atoms with Crippen molar-refractivity contribution in [1.29, 1.82) is 0 Å². The number of carbonyl (C=O) groups is 2. The molecule has 0 bridgehead atoms. The Labute approximate surface area is 157 Å². The fourth-order valence-electron chi connectivity index (χ4n) is 2.31. The molecule has 0 aliphatic carbocycles. The van der Waals surface area contributed by atoms with Gasteiger partial charge >= 0.3 is 18.2 Å². The molecule has 27 heavy (non-hydrogen) atoms. The van der Waals surface area contributed by atoms with Crippen molar-refractivity contribution < 1.29 is 32.6 Å². The van der Waals surface area contributed by atoms with E-state index >= 15 is 0 Å². The SMILES string of the molecule is O=C(O)C[C@@H](NC(=O)OCc1ccccc1)c1ccc(Cl)c(C(F)(F)F)c1. The molecule has 0 fully saturated rings. The lowest BCUT2D eigenvalue weighted by atomic mass is 10.0. The van der Waals surface area contributed by atoms with Crippen LogP contribution >= 0.6 is 11.6 Å². The molecule has 0 aromatic heterocycles. The second-order valence-electron chi connectivity index (χ2n) is 5.59. The Morgan fingerprint density at radius 3 is 2.41 bits per heavy atom. The smallest absolute Gasteiger partial charge is 0.417 e. The number of carboxylic acids is 1. The maximum Gasteiger partial charge on any atom is 0.417 e. The number of rotatable bonds is 6. The number of halogens is 4. The maximum absolute atomic E-state index is 13.0.